The van der Waals surface area contributed by atoms with Crippen molar-refractivity contribution >= 4 is 69.1 Å². The van der Waals surface area contributed by atoms with Gasteiger partial charge in [-0.1, -0.05) is 39.8 Å². The molecule has 2 heterocycles. The van der Waals surface area contributed by atoms with Crippen molar-refractivity contribution < 1.29 is 45.5 Å². The van der Waals surface area contributed by atoms with Gasteiger partial charge in [0, 0.05) is 52.6 Å². The zero-order valence-electron chi connectivity index (χ0n) is 26.5. The third-order valence-electron chi connectivity index (χ3n) is 10.1. The number of benzene rings is 2. The third-order valence-corrected chi connectivity index (χ3v) is 12.5. The van der Waals surface area contributed by atoms with Crippen LogP contribution in [0.3, 0.4) is 0 Å². The number of fused-ring (bicyclic) bond motifs is 7. The van der Waals surface area contributed by atoms with E-state index >= 15 is 0 Å². The van der Waals surface area contributed by atoms with E-state index in [9.17, 15) is 45.5 Å². The molecule has 0 amide bonds. The zero-order chi connectivity index (χ0) is 36.0. The van der Waals surface area contributed by atoms with E-state index in [0.717, 1.165) is 67.2 Å². The Morgan fingerprint density at radius 1 is 0.580 bits per heavy atom. The van der Waals surface area contributed by atoms with Gasteiger partial charge in [0.1, 0.15) is 0 Å². The molecule has 0 saturated carbocycles. The molecule has 0 atom stereocenters. The van der Waals surface area contributed by atoms with Crippen LogP contribution in [0, 0.1) is 0 Å². The Morgan fingerprint density at radius 3 is 1.62 bits per heavy atom. The Bertz CT molecular complexity index is 2420. The minimum atomic E-state index is -4.66. The Morgan fingerprint density at radius 2 is 1.10 bits per heavy atom. The standard InChI is InChI=1S/C38H22F6O4S2/c1-35(2)17(11-23-19-7-5-15(37(39,40)41)9-21(19)29(45)31(23)47)12-26-27(35)28-34(50-26)33-25(36(28,3)4)14-18(49-33)13-24-20-8-6-16(38(42,43)44)10-22(20)30(46)32(24)48/h5-14H,1-4H3/b23-11-,24-13-. The minimum absolute atomic E-state index is 0.0447. The van der Waals surface area contributed by atoms with Crippen LogP contribution in [0.25, 0.3) is 33.1 Å². The summed E-state index contributed by atoms with van der Waals surface area (Å²) < 4.78 is 79.9. The molecule has 50 heavy (non-hydrogen) atoms. The first-order valence-corrected chi connectivity index (χ1v) is 16.9. The first-order chi connectivity index (χ1) is 23.2. The molecule has 2 aromatic carbocycles. The molecule has 252 valence electrons. The molecule has 0 aliphatic heterocycles. The van der Waals surface area contributed by atoms with Crippen molar-refractivity contribution in [3.63, 3.8) is 0 Å². The number of carbonyl (C=O) groups is 4. The summed E-state index contributed by atoms with van der Waals surface area (Å²) in [6, 6.07) is 7.43. The van der Waals surface area contributed by atoms with Crippen molar-refractivity contribution in [3.8, 4) is 9.75 Å². The summed E-state index contributed by atoms with van der Waals surface area (Å²) >= 11 is 2.95. The Kier molecular flexibility index (Phi) is 6.49. The van der Waals surface area contributed by atoms with E-state index in [-0.39, 0.29) is 33.4 Å². The maximum atomic E-state index is 13.3. The fourth-order valence-corrected chi connectivity index (χ4v) is 10.5. The summed E-state index contributed by atoms with van der Waals surface area (Å²) in [5.74, 6) is -3.66. The highest BCUT2D eigenvalue weighted by Crippen LogP contribution is 2.62. The van der Waals surface area contributed by atoms with Crippen molar-refractivity contribution in [1.82, 2.24) is 0 Å². The average molecular weight is 721 g/mol. The van der Waals surface area contributed by atoms with E-state index in [0.29, 0.717) is 4.88 Å². The number of rotatable bonds is 2. The lowest BCUT2D eigenvalue weighted by Crippen LogP contribution is -2.24. The van der Waals surface area contributed by atoms with Crippen LogP contribution in [-0.4, -0.2) is 23.1 Å². The summed E-state index contributed by atoms with van der Waals surface area (Å²) in [5.41, 5.74) is 0.554. The summed E-state index contributed by atoms with van der Waals surface area (Å²) in [7, 11) is 0. The molecule has 0 saturated heterocycles. The second-order valence-corrected chi connectivity index (χ2v) is 15.9. The molecular formula is C38H22F6O4S2. The van der Waals surface area contributed by atoms with Gasteiger partial charge in [-0.25, -0.2) is 0 Å². The molecule has 8 rings (SSSR count). The molecule has 0 bridgehead atoms. The number of hydrogen-bond acceptors (Lipinski definition) is 6. The molecule has 4 nitrogen and oxygen atoms in total. The number of carbonyl (C=O) groups excluding carboxylic acids is 4. The smallest absolute Gasteiger partial charge is 0.285 e. The second kappa shape index (κ2) is 9.97. The zero-order valence-corrected chi connectivity index (χ0v) is 28.1. The van der Waals surface area contributed by atoms with Gasteiger partial charge in [0.25, 0.3) is 0 Å². The summed E-state index contributed by atoms with van der Waals surface area (Å²) in [6.07, 6.45) is -4.22. The molecule has 0 unspecified atom stereocenters. The maximum absolute atomic E-state index is 13.3. The van der Waals surface area contributed by atoms with E-state index in [2.05, 4.69) is 13.8 Å². The third kappa shape index (κ3) is 4.37. The number of hydrogen-bond donors (Lipinski definition) is 0. The number of thiophene rings is 2. The first kappa shape index (κ1) is 32.5. The predicted molar refractivity (Wildman–Crippen MR) is 178 cm³/mol. The Balaban J connectivity index is 1.18. The van der Waals surface area contributed by atoms with E-state index in [4.69, 9.17) is 0 Å². The topological polar surface area (TPSA) is 68.3 Å². The van der Waals surface area contributed by atoms with Gasteiger partial charge >= 0.3 is 12.4 Å². The highest BCUT2D eigenvalue weighted by atomic mass is 32.1. The van der Waals surface area contributed by atoms with Crippen LogP contribution in [0.4, 0.5) is 26.3 Å². The van der Waals surface area contributed by atoms with Gasteiger partial charge < -0.3 is 0 Å². The fraction of sp³-hybridized carbons (Fsp3) is 0.211. The van der Waals surface area contributed by atoms with Crippen LogP contribution in [0.15, 0.2) is 54.1 Å². The van der Waals surface area contributed by atoms with Crippen LogP contribution in [0.5, 0.6) is 0 Å². The monoisotopic (exact) mass is 720 g/mol. The average Bonchev–Trinajstić information content (AvgIpc) is 3.82. The first-order valence-electron chi connectivity index (χ1n) is 15.3. The van der Waals surface area contributed by atoms with Gasteiger partial charge in [0.2, 0.25) is 23.1 Å². The van der Waals surface area contributed by atoms with E-state index < -0.39 is 57.4 Å². The number of ketones is 4. The van der Waals surface area contributed by atoms with Crippen molar-refractivity contribution in [2.75, 3.05) is 0 Å². The summed E-state index contributed by atoms with van der Waals surface area (Å²) in [5, 5.41) is 0. The van der Waals surface area contributed by atoms with Crippen LogP contribution in [0.2, 0.25) is 0 Å². The molecule has 12 heteroatoms. The van der Waals surface area contributed by atoms with E-state index in [1.54, 1.807) is 23.5 Å². The predicted octanol–water partition coefficient (Wildman–Crippen LogP) is 9.98. The largest absolute Gasteiger partial charge is 0.416 e. The lowest BCUT2D eigenvalue weighted by atomic mass is 9.73. The van der Waals surface area contributed by atoms with Gasteiger partial charge in [0.05, 0.1) is 11.1 Å². The lowest BCUT2D eigenvalue weighted by molar-refractivity contribution is -0.138. The quantitative estimate of drug-likeness (QED) is 0.118. The molecule has 4 aliphatic carbocycles. The fourth-order valence-electron chi connectivity index (χ4n) is 7.47. The molecule has 0 fully saturated rings. The van der Waals surface area contributed by atoms with Crippen LogP contribution in [0.1, 0.15) is 97.1 Å². The maximum Gasteiger partial charge on any atom is 0.416 e. The summed E-state index contributed by atoms with van der Waals surface area (Å²) in [4.78, 5) is 55.0. The number of allylic oxidation sites excluding steroid dienone is 4. The second-order valence-electron chi connectivity index (χ2n) is 13.7. The van der Waals surface area contributed by atoms with Gasteiger partial charge in [0.15, 0.2) is 0 Å². The van der Waals surface area contributed by atoms with Crippen molar-refractivity contribution in [2.24, 2.45) is 0 Å². The minimum Gasteiger partial charge on any atom is -0.285 e. The highest BCUT2D eigenvalue weighted by molar-refractivity contribution is 7.23. The molecule has 2 aromatic heterocycles. The van der Waals surface area contributed by atoms with Crippen molar-refractivity contribution in [3.05, 3.63) is 114 Å². The van der Waals surface area contributed by atoms with Gasteiger partial charge in [-0.05, 0) is 82.0 Å². The molecule has 0 N–H and O–H groups in total. The molecule has 4 aromatic rings. The SMILES string of the molecule is CC1(C)C(/C=C2\C(=O)C(=O)c3cc(C(F)(F)F)ccc32)=Cc2sc3c(c21)C(C)(C)c1cc(/C=C2\C(=O)C(=O)c4cc(C(F)(F)F)ccc42)sc1-3. The van der Waals surface area contributed by atoms with Gasteiger partial charge in [-0.3, -0.25) is 19.2 Å². The van der Waals surface area contributed by atoms with Gasteiger partial charge in [-0.2, -0.15) is 26.3 Å². The van der Waals surface area contributed by atoms with Gasteiger partial charge in [-0.15, -0.1) is 22.7 Å². The van der Waals surface area contributed by atoms with Crippen LogP contribution in [-0.2, 0) is 32.8 Å². The van der Waals surface area contributed by atoms with Crippen molar-refractivity contribution in [1.29, 1.82) is 0 Å². The Hall–Kier alpha value is -4.68. The molecule has 0 radical (unpaired) electrons. The molecule has 4 aliphatic rings. The van der Waals surface area contributed by atoms with E-state index in [1.165, 1.54) is 17.4 Å². The highest BCUT2D eigenvalue weighted by Gasteiger charge is 2.48. The Labute approximate surface area is 288 Å². The summed E-state index contributed by atoms with van der Waals surface area (Å²) in [6.45, 7) is 8.11. The molecule has 0 spiro atoms. The number of alkyl halides is 6. The normalized spacial score (nSPS) is 20.1. The number of halogens is 6. The molecular weight excluding hydrogens is 699 g/mol. The number of Topliss-reactive ketones (excluding diaryl/α,β-unsaturated/α-hetero) is 4. The van der Waals surface area contributed by atoms with Crippen LogP contribution < -0.4 is 0 Å². The van der Waals surface area contributed by atoms with Crippen LogP contribution >= 0.6 is 22.7 Å². The van der Waals surface area contributed by atoms with E-state index in [1.807, 2.05) is 26.0 Å². The lowest BCUT2D eigenvalue weighted by Gasteiger charge is -2.29. The van der Waals surface area contributed by atoms with Crippen molar-refractivity contribution in [2.45, 2.75) is 50.9 Å².